The monoisotopic (exact) mass is 246 g/mol. The van der Waals surface area contributed by atoms with Gasteiger partial charge in [0.1, 0.15) is 12.0 Å². The predicted molar refractivity (Wildman–Crippen MR) is 68.5 cm³/mol. The minimum atomic E-state index is -0.317. The molecular weight excluding hydrogens is 228 g/mol. The first-order chi connectivity index (χ1) is 8.54. The number of benzene rings is 1. The molecule has 3 nitrogen and oxygen atoms in total. The smallest absolute Gasteiger partial charge is 0.314 e. The second kappa shape index (κ2) is 4.92. The normalized spacial score (nSPS) is 15.2. The lowest BCUT2D eigenvalue weighted by Crippen LogP contribution is -2.20. The average molecular weight is 246 g/mol. The van der Waals surface area contributed by atoms with E-state index in [-0.39, 0.29) is 17.3 Å². The Labute approximate surface area is 107 Å². The van der Waals surface area contributed by atoms with E-state index >= 15 is 0 Å². The Balaban J connectivity index is 2.24. The Kier molecular flexibility index (Phi) is 3.50. The van der Waals surface area contributed by atoms with Gasteiger partial charge in [-0.3, -0.25) is 4.79 Å². The number of ether oxygens (including phenoxy) is 1. The van der Waals surface area contributed by atoms with Gasteiger partial charge in [0, 0.05) is 12.0 Å². The van der Waals surface area contributed by atoms with Crippen molar-refractivity contribution in [3.05, 3.63) is 29.8 Å². The number of aldehydes is 1. The van der Waals surface area contributed by atoms with Gasteiger partial charge in [-0.05, 0) is 24.3 Å². The van der Waals surface area contributed by atoms with E-state index in [1.54, 1.807) is 6.07 Å². The highest BCUT2D eigenvalue weighted by molar-refractivity contribution is 5.77. The fourth-order valence-corrected chi connectivity index (χ4v) is 1.94. The zero-order chi connectivity index (χ0) is 13.2. The van der Waals surface area contributed by atoms with Gasteiger partial charge >= 0.3 is 5.97 Å². The maximum absolute atomic E-state index is 11.7. The predicted octanol–water partition coefficient (Wildman–Crippen LogP) is 2.87. The summed E-state index contributed by atoms with van der Waals surface area (Å²) in [4.78, 5) is 22.5. The van der Waals surface area contributed by atoms with Crippen LogP contribution in [0.25, 0.3) is 0 Å². The second-order valence-corrected chi connectivity index (χ2v) is 5.45. The van der Waals surface area contributed by atoms with Crippen molar-refractivity contribution in [2.75, 3.05) is 0 Å². The molecule has 0 N–H and O–H groups in total. The molecule has 0 spiro atoms. The molecule has 3 heteroatoms. The zero-order valence-corrected chi connectivity index (χ0v) is 10.8. The minimum absolute atomic E-state index is 0.0761. The van der Waals surface area contributed by atoms with Crippen molar-refractivity contribution < 1.29 is 14.3 Å². The summed E-state index contributed by atoms with van der Waals surface area (Å²) in [6, 6.07) is 7.45. The maximum Gasteiger partial charge on any atom is 0.314 e. The maximum atomic E-state index is 11.7. The first-order valence-electron chi connectivity index (χ1n) is 6.29. The number of carbonyl (C=O) groups excluding carboxylic acids is 2. The van der Waals surface area contributed by atoms with Gasteiger partial charge in [-0.1, -0.05) is 32.0 Å². The average Bonchev–Trinajstić information content (AvgIpc) is 3.13. The van der Waals surface area contributed by atoms with Crippen molar-refractivity contribution in [1.82, 2.24) is 0 Å². The van der Waals surface area contributed by atoms with Crippen LogP contribution in [0.5, 0.6) is 5.75 Å². The summed E-state index contributed by atoms with van der Waals surface area (Å²) in [5.41, 5.74) is 0.591. The molecular formula is C15H18O3. The summed E-state index contributed by atoms with van der Waals surface area (Å²) < 4.78 is 5.45. The summed E-state index contributed by atoms with van der Waals surface area (Å²) in [6.45, 7) is 3.95. The molecule has 18 heavy (non-hydrogen) atoms. The summed E-state index contributed by atoms with van der Waals surface area (Å²) in [5, 5.41) is 0. The molecule has 0 atom stereocenters. The van der Waals surface area contributed by atoms with Crippen molar-refractivity contribution >= 4 is 12.3 Å². The van der Waals surface area contributed by atoms with Crippen LogP contribution in [0.2, 0.25) is 0 Å². The van der Waals surface area contributed by atoms with E-state index < -0.39 is 0 Å². The molecule has 0 aromatic heterocycles. The summed E-state index contributed by atoms with van der Waals surface area (Å²) in [5.74, 6) is 0.512. The van der Waals surface area contributed by atoms with Crippen LogP contribution < -0.4 is 4.74 Å². The van der Waals surface area contributed by atoms with Crippen LogP contribution in [0.1, 0.15) is 38.7 Å². The quantitative estimate of drug-likeness (QED) is 0.456. The van der Waals surface area contributed by atoms with Crippen molar-refractivity contribution in [1.29, 1.82) is 0 Å². The number of esters is 1. The van der Waals surface area contributed by atoms with Crippen molar-refractivity contribution in [3.8, 4) is 5.75 Å². The lowest BCUT2D eigenvalue weighted by molar-refractivity contribution is -0.135. The summed E-state index contributed by atoms with van der Waals surface area (Å²) in [7, 11) is 0. The number of para-hydroxylation sites is 1. The topological polar surface area (TPSA) is 43.4 Å². The largest absolute Gasteiger partial charge is 0.426 e. The standard InChI is InChI=1S/C15H18O3/c1-15(2,9-10-16)12-5-3-4-6-13(12)18-14(17)11-7-8-11/h3-6,10-11H,7-9H2,1-2H3. The van der Waals surface area contributed by atoms with E-state index in [1.807, 2.05) is 32.0 Å². The van der Waals surface area contributed by atoms with Crippen molar-refractivity contribution in [2.45, 2.75) is 38.5 Å². The molecule has 0 radical (unpaired) electrons. The van der Waals surface area contributed by atoms with E-state index in [2.05, 4.69) is 0 Å². The Morgan fingerprint density at radius 2 is 2.06 bits per heavy atom. The molecule has 1 fully saturated rings. The van der Waals surface area contributed by atoms with Crippen LogP contribution >= 0.6 is 0 Å². The Morgan fingerprint density at radius 1 is 1.39 bits per heavy atom. The lowest BCUT2D eigenvalue weighted by Gasteiger charge is -2.24. The molecule has 0 saturated heterocycles. The fourth-order valence-electron chi connectivity index (χ4n) is 1.94. The second-order valence-electron chi connectivity index (χ2n) is 5.45. The van der Waals surface area contributed by atoms with Gasteiger partial charge in [0.25, 0.3) is 0 Å². The first-order valence-corrected chi connectivity index (χ1v) is 6.29. The molecule has 1 aromatic rings. The van der Waals surface area contributed by atoms with Crippen molar-refractivity contribution in [2.24, 2.45) is 5.92 Å². The van der Waals surface area contributed by atoms with Gasteiger partial charge in [-0.2, -0.15) is 0 Å². The van der Waals surface area contributed by atoms with Gasteiger partial charge < -0.3 is 9.53 Å². The van der Waals surface area contributed by atoms with Gasteiger partial charge in [0.2, 0.25) is 0 Å². The van der Waals surface area contributed by atoms with Crippen LogP contribution in [0, 0.1) is 5.92 Å². The molecule has 0 bridgehead atoms. The fraction of sp³-hybridized carbons (Fsp3) is 0.467. The van der Waals surface area contributed by atoms with E-state index in [1.165, 1.54) is 0 Å². The third-order valence-corrected chi connectivity index (χ3v) is 3.33. The van der Waals surface area contributed by atoms with Gasteiger partial charge in [0.05, 0.1) is 5.92 Å². The highest BCUT2D eigenvalue weighted by Gasteiger charge is 2.33. The van der Waals surface area contributed by atoms with Gasteiger partial charge in [-0.15, -0.1) is 0 Å². The van der Waals surface area contributed by atoms with Crippen LogP contribution in [0.3, 0.4) is 0 Å². The number of rotatable bonds is 5. The molecule has 1 aliphatic rings. The number of hydrogen-bond donors (Lipinski definition) is 0. The van der Waals surface area contributed by atoms with E-state index in [0.29, 0.717) is 12.2 Å². The molecule has 0 unspecified atom stereocenters. The number of carbonyl (C=O) groups is 2. The third-order valence-electron chi connectivity index (χ3n) is 3.33. The SMILES string of the molecule is CC(C)(CC=O)c1ccccc1OC(=O)C1CC1. The molecule has 0 amide bonds. The zero-order valence-electron chi connectivity index (χ0n) is 10.8. The molecule has 1 saturated carbocycles. The molecule has 1 aliphatic carbocycles. The summed E-state index contributed by atoms with van der Waals surface area (Å²) >= 11 is 0. The molecule has 0 aliphatic heterocycles. The van der Waals surface area contributed by atoms with E-state index in [0.717, 1.165) is 24.7 Å². The van der Waals surface area contributed by atoms with Crippen molar-refractivity contribution in [3.63, 3.8) is 0 Å². The Morgan fingerprint density at radius 3 is 2.67 bits per heavy atom. The Bertz CT molecular complexity index is 459. The lowest BCUT2D eigenvalue weighted by atomic mass is 9.81. The summed E-state index contributed by atoms with van der Waals surface area (Å²) in [6.07, 6.45) is 3.17. The molecule has 0 heterocycles. The molecule has 2 rings (SSSR count). The van der Waals surface area contributed by atoms with Crippen LogP contribution in [0.4, 0.5) is 0 Å². The number of hydrogen-bond acceptors (Lipinski definition) is 3. The van der Waals surface area contributed by atoms with Gasteiger partial charge in [0.15, 0.2) is 0 Å². The van der Waals surface area contributed by atoms with E-state index in [9.17, 15) is 9.59 Å². The molecule has 96 valence electrons. The van der Waals surface area contributed by atoms with Crippen LogP contribution in [-0.4, -0.2) is 12.3 Å². The first kappa shape index (κ1) is 12.8. The highest BCUT2D eigenvalue weighted by atomic mass is 16.5. The minimum Gasteiger partial charge on any atom is -0.426 e. The van der Waals surface area contributed by atoms with Crippen LogP contribution in [-0.2, 0) is 15.0 Å². The molecule has 1 aromatic carbocycles. The van der Waals surface area contributed by atoms with Gasteiger partial charge in [-0.25, -0.2) is 0 Å². The third kappa shape index (κ3) is 2.78. The highest BCUT2D eigenvalue weighted by Crippen LogP contribution is 2.36. The Hall–Kier alpha value is -1.64. The van der Waals surface area contributed by atoms with Crippen LogP contribution in [0.15, 0.2) is 24.3 Å². The van der Waals surface area contributed by atoms with E-state index in [4.69, 9.17) is 4.74 Å².